The molecule has 2 heterocycles. The molecule has 1 aliphatic heterocycles. The van der Waals surface area contributed by atoms with Crippen molar-refractivity contribution in [1.82, 2.24) is 4.98 Å². The number of hydrogen-bond donors (Lipinski definition) is 2. The average molecular weight is 394 g/mol. The van der Waals surface area contributed by atoms with E-state index in [9.17, 15) is 9.11 Å². The maximum Gasteiger partial charge on any atom is 0.129 e. The zero-order chi connectivity index (χ0) is 19.7. The van der Waals surface area contributed by atoms with Gasteiger partial charge in [0.2, 0.25) is 0 Å². The van der Waals surface area contributed by atoms with Gasteiger partial charge in [0.05, 0.1) is 22.2 Å². The fourth-order valence-electron chi connectivity index (χ4n) is 3.73. The van der Waals surface area contributed by atoms with Crippen molar-refractivity contribution in [3.05, 3.63) is 65.2 Å². The third-order valence-corrected chi connectivity index (χ3v) is 7.05. The predicted octanol–water partition coefficient (Wildman–Crippen LogP) is 5.13. The van der Waals surface area contributed by atoms with Crippen LogP contribution in [0.15, 0.2) is 53.4 Å². The Bertz CT molecular complexity index is 1080. The van der Waals surface area contributed by atoms with Crippen molar-refractivity contribution >= 4 is 27.3 Å². The Kier molecular flexibility index (Phi) is 4.98. The van der Waals surface area contributed by atoms with Crippen LogP contribution in [0, 0.1) is 18.3 Å². The molecule has 0 aliphatic carbocycles. The first kappa shape index (κ1) is 18.8. The SMILES string of the molecule is Cc1ccc2nc(N3CCS(O)(O)c4ccccc4C3)cc(CCC#N)c2c1. The highest BCUT2D eigenvalue weighted by atomic mass is 32.3. The molecular formula is C22H23N3O2S. The summed E-state index contributed by atoms with van der Waals surface area (Å²) in [6.07, 6.45) is 1.13. The number of anilines is 1. The van der Waals surface area contributed by atoms with Gasteiger partial charge in [0.25, 0.3) is 0 Å². The number of hydrogen-bond acceptors (Lipinski definition) is 5. The van der Waals surface area contributed by atoms with Crippen molar-refractivity contribution in [1.29, 1.82) is 5.26 Å². The lowest BCUT2D eigenvalue weighted by Crippen LogP contribution is -2.26. The smallest absolute Gasteiger partial charge is 0.129 e. The van der Waals surface area contributed by atoms with Crippen molar-refractivity contribution in [3.63, 3.8) is 0 Å². The fourth-order valence-corrected chi connectivity index (χ4v) is 5.28. The van der Waals surface area contributed by atoms with Gasteiger partial charge in [0.1, 0.15) is 5.82 Å². The zero-order valence-corrected chi connectivity index (χ0v) is 16.6. The molecule has 0 unspecified atom stereocenters. The molecule has 1 aromatic heterocycles. The van der Waals surface area contributed by atoms with Crippen molar-refractivity contribution in [2.75, 3.05) is 17.2 Å². The normalized spacial score (nSPS) is 16.9. The summed E-state index contributed by atoms with van der Waals surface area (Å²) in [5.74, 6) is 1.10. The molecule has 0 amide bonds. The first-order chi connectivity index (χ1) is 13.5. The van der Waals surface area contributed by atoms with E-state index in [2.05, 4.69) is 30.0 Å². The third kappa shape index (κ3) is 3.57. The molecule has 0 spiro atoms. The van der Waals surface area contributed by atoms with E-state index >= 15 is 0 Å². The summed E-state index contributed by atoms with van der Waals surface area (Å²) in [7, 11) is -2.80. The highest BCUT2D eigenvalue weighted by Gasteiger charge is 2.26. The molecule has 2 N–H and O–H groups in total. The maximum absolute atomic E-state index is 10.6. The molecule has 0 saturated heterocycles. The third-order valence-electron chi connectivity index (χ3n) is 5.20. The molecule has 0 bridgehead atoms. The van der Waals surface area contributed by atoms with Gasteiger partial charge < -0.3 is 4.90 Å². The predicted molar refractivity (Wildman–Crippen MR) is 114 cm³/mol. The molecule has 0 atom stereocenters. The minimum Gasteiger partial charge on any atom is -0.351 e. The molecule has 1 aliphatic rings. The van der Waals surface area contributed by atoms with Crippen LogP contribution in [0.3, 0.4) is 0 Å². The van der Waals surface area contributed by atoms with Crippen molar-refractivity contribution < 1.29 is 9.11 Å². The Morgan fingerprint density at radius 1 is 1.18 bits per heavy atom. The number of pyridine rings is 1. The van der Waals surface area contributed by atoms with E-state index in [1.54, 1.807) is 0 Å². The number of nitrogens with zero attached hydrogens (tertiary/aromatic N) is 3. The van der Waals surface area contributed by atoms with Gasteiger partial charge in [0, 0.05) is 24.9 Å². The Hall–Kier alpha value is -2.59. The van der Waals surface area contributed by atoms with Gasteiger partial charge in [-0.25, -0.2) is 4.98 Å². The summed E-state index contributed by atoms with van der Waals surface area (Å²) in [5, 5.41) is 10.1. The monoisotopic (exact) mass is 393 g/mol. The lowest BCUT2D eigenvalue weighted by atomic mass is 10.0. The van der Waals surface area contributed by atoms with E-state index in [-0.39, 0.29) is 5.75 Å². The van der Waals surface area contributed by atoms with Crippen molar-refractivity contribution in [2.24, 2.45) is 0 Å². The van der Waals surface area contributed by atoms with E-state index in [0.29, 0.717) is 30.8 Å². The van der Waals surface area contributed by atoms with Gasteiger partial charge in [-0.1, -0.05) is 29.8 Å². The van der Waals surface area contributed by atoms with E-state index < -0.39 is 10.6 Å². The summed E-state index contributed by atoms with van der Waals surface area (Å²) in [6.45, 7) is 3.14. The van der Waals surface area contributed by atoms with E-state index in [1.165, 1.54) is 0 Å². The maximum atomic E-state index is 10.6. The quantitative estimate of drug-likeness (QED) is 0.645. The van der Waals surface area contributed by atoms with Gasteiger partial charge in [-0.2, -0.15) is 15.9 Å². The fraction of sp³-hybridized carbons (Fsp3) is 0.273. The minimum absolute atomic E-state index is 0.283. The molecule has 6 heteroatoms. The molecule has 3 aromatic rings. The number of aryl methyl sites for hydroxylation is 2. The Balaban J connectivity index is 1.79. The summed E-state index contributed by atoms with van der Waals surface area (Å²) in [4.78, 5) is 7.60. The van der Waals surface area contributed by atoms with Crippen LogP contribution in [-0.2, 0) is 13.0 Å². The molecular weight excluding hydrogens is 370 g/mol. The van der Waals surface area contributed by atoms with Crippen LogP contribution >= 0.6 is 10.6 Å². The first-order valence-electron chi connectivity index (χ1n) is 9.34. The molecule has 2 aromatic carbocycles. The first-order valence-corrected chi connectivity index (χ1v) is 11.1. The second-order valence-electron chi connectivity index (χ2n) is 7.22. The standard InChI is InChI=1S/C22H23N3O2S/c1-16-8-9-20-19(13-16)17(6-4-10-23)14-22(24-20)25-11-12-28(26,27)21-7-3-2-5-18(21)15-25/h2-3,5,7-9,13-14,26-27H,4,6,11-12,15H2,1H3. The lowest BCUT2D eigenvalue weighted by Gasteiger charge is -2.32. The van der Waals surface area contributed by atoms with Crippen LogP contribution < -0.4 is 4.90 Å². The molecule has 0 saturated carbocycles. The van der Waals surface area contributed by atoms with Gasteiger partial charge in [-0.3, -0.25) is 9.11 Å². The zero-order valence-electron chi connectivity index (χ0n) is 15.8. The molecule has 4 rings (SSSR count). The van der Waals surface area contributed by atoms with Gasteiger partial charge in [-0.05, 0) is 48.7 Å². The van der Waals surface area contributed by atoms with E-state index in [4.69, 9.17) is 10.2 Å². The lowest BCUT2D eigenvalue weighted by molar-refractivity contribution is 0.488. The highest BCUT2D eigenvalue weighted by Crippen LogP contribution is 2.51. The van der Waals surface area contributed by atoms with Crippen molar-refractivity contribution in [3.8, 4) is 6.07 Å². The Labute approximate surface area is 166 Å². The number of aromatic nitrogens is 1. The van der Waals surface area contributed by atoms with Crippen LogP contribution in [0.4, 0.5) is 5.82 Å². The van der Waals surface area contributed by atoms with Crippen LogP contribution in [0.1, 0.15) is 23.1 Å². The van der Waals surface area contributed by atoms with Gasteiger partial charge >= 0.3 is 0 Å². The van der Waals surface area contributed by atoms with Crippen LogP contribution in [0.25, 0.3) is 10.9 Å². The Morgan fingerprint density at radius 2 is 2.00 bits per heavy atom. The summed E-state index contributed by atoms with van der Waals surface area (Å²) in [6, 6.07) is 18.0. The molecule has 0 radical (unpaired) electrons. The largest absolute Gasteiger partial charge is 0.351 e. The van der Waals surface area contributed by atoms with Crippen LogP contribution in [0.5, 0.6) is 0 Å². The molecule has 144 valence electrons. The van der Waals surface area contributed by atoms with Gasteiger partial charge in [-0.15, -0.1) is 0 Å². The number of benzene rings is 2. The average Bonchev–Trinajstić information content (AvgIpc) is 2.82. The van der Waals surface area contributed by atoms with E-state index in [1.807, 2.05) is 36.4 Å². The topological polar surface area (TPSA) is 80.4 Å². The molecule has 0 fully saturated rings. The number of nitriles is 1. The molecule has 5 nitrogen and oxygen atoms in total. The second-order valence-corrected chi connectivity index (χ2v) is 9.40. The van der Waals surface area contributed by atoms with Crippen molar-refractivity contribution in [2.45, 2.75) is 31.2 Å². The summed E-state index contributed by atoms with van der Waals surface area (Å²) in [5.41, 5.74) is 4.09. The number of rotatable bonds is 3. The highest BCUT2D eigenvalue weighted by molar-refractivity contribution is 8.24. The Morgan fingerprint density at radius 3 is 2.82 bits per heavy atom. The van der Waals surface area contributed by atoms with Crippen LogP contribution in [-0.4, -0.2) is 26.4 Å². The summed E-state index contributed by atoms with van der Waals surface area (Å²) < 4.78 is 21.2. The summed E-state index contributed by atoms with van der Waals surface area (Å²) >= 11 is 0. The minimum atomic E-state index is -2.80. The van der Waals surface area contributed by atoms with Gasteiger partial charge in [0.15, 0.2) is 0 Å². The van der Waals surface area contributed by atoms with E-state index in [0.717, 1.165) is 33.4 Å². The molecule has 28 heavy (non-hydrogen) atoms. The van der Waals surface area contributed by atoms with Crippen LogP contribution in [0.2, 0.25) is 0 Å². The second kappa shape index (κ2) is 7.44. The number of fused-ring (bicyclic) bond motifs is 2.